The summed E-state index contributed by atoms with van der Waals surface area (Å²) in [4.78, 5) is 49.5. The molecule has 0 bridgehead atoms. The van der Waals surface area contributed by atoms with Crippen LogP contribution in [0.1, 0.15) is 4.88 Å². The van der Waals surface area contributed by atoms with E-state index < -0.39 is 34.9 Å². The van der Waals surface area contributed by atoms with E-state index in [4.69, 9.17) is 9.84 Å². The predicted molar refractivity (Wildman–Crippen MR) is 100 cm³/mol. The van der Waals surface area contributed by atoms with Crippen LogP contribution in [-0.4, -0.2) is 62.8 Å². The Kier molecular flexibility index (Phi) is 5.59. The highest BCUT2D eigenvalue weighted by molar-refractivity contribution is 8.00. The zero-order valence-corrected chi connectivity index (χ0v) is 16.2. The Morgan fingerprint density at radius 1 is 1.43 bits per heavy atom. The van der Waals surface area contributed by atoms with Crippen LogP contribution in [-0.2, 0) is 30.3 Å². The van der Waals surface area contributed by atoms with Gasteiger partial charge in [-0.25, -0.2) is 9.59 Å². The van der Waals surface area contributed by atoms with Crippen LogP contribution in [0.15, 0.2) is 40.9 Å². The van der Waals surface area contributed by atoms with Crippen LogP contribution in [0.2, 0.25) is 0 Å². The molecule has 1 aromatic rings. The Labute approximate surface area is 167 Å². The molecule has 3 rings (SSSR count). The van der Waals surface area contributed by atoms with Crippen molar-refractivity contribution in [2.24, 2.45) is 0 Å². The molecule has 0 spiro atoms. The summed E-state index contributed by atoms with van der Waals surface area (Å²) >= 11 is 2.59. The standard InChI is InChI=1S/C17H16N2O7S2/c1-26-17(18-11(20)7-10-3-2-6-27-10)15(25)19-13(14(23)24)9(4-5-12(21)22)8-28-16(17)19/h2-6,16H,7-8H2,1H3,(H,18,20)(H,21,22)(H,23,24)/t16-,17-/m0/s1. The lowest BCUT2D eigenvalue weighted by Gasteiger charge is -2.55. The first-order chi connectivity index (χ1) is 13.3. The Morgan fingerprint density at radius 3 is 2.75 bits per heavy atom. The summed E-state index contributed by atoms with van der Waals surface area (Å²) in [7, 11) is 1.27. The lowest BCUT2D eigenvalue weighted by molar-refractivity contribution is -0.192. The molecule has 1 fully saturated rings. The molecule has 148 valence electrons. The van der Waals surface area contributed by atoms with E-state index in [2.05, 4.69) is 5.32 Å². The third kappa shape index (κ3) is 3.43. The number of methoxy groups -OCH3 is 1. The number of amides is 2. The lowest BCUT2D eigenvalue weighted by Crippen LogP contribution is -2.80. The number of allylic oxidation sites excluding steroid dienone is 1. The van der Waals surface area contributed by atoms with Gasteiger partial charge in [0.15, 0.2) is 0 Å². The molecule has 1 saturated heterocycles. The van der Waals surface area contributed by atoms with Gasteiger partial charge in [0.1, 0.15) is 11.1 Å². The molecule has 0 radical (unpaired) electrons. The number of fused-ring (bicyclic) bond motifs is 1. The average Bonchev–Trinajstić information content (AvgIpc) is 3.15. The Bertz CT molecular complexity index is 893. The number of carbonyl (C=O) groups is 4. The molecule has 0 saturated carbocycles. The Balaban J connectivity index is 1.85. The molecule has 2 amide bonds. The van der Waals surface area contributed by atoms with Crippen molar-refractivity contribution in [2.45, 2.75) is 17.5 Å². The fourth-order valence-corrected chi connectivity index (χ4v) is 5.14. The second kappa shape index (κ2) is 7.78. The highest BCUT2D eigenvalue weighted by Crippen LogP contribution is 2.46. The summed E-state index contributed by atoms with van der Waals surface area (Å²) in [6.07, 6.45) is 2.04. The number of rotatable bonds is 7. The molecule has 0 aliphatic carbocycles. The molecular weight excluding hydrogens is 408 g/mol. The Hall–Kier alpha value is -2.63. The fraction of sp³-hybridized carbons (Fsp3) is 0.294. The molecule has 3 heterocycles. The van der Waals surface area contributed by atoms with Crippen molar-refractivity contribution in [2.75, 3.05) is 12.9 Å². The third-order valence-corrected chi connectivity index (χ3v) is 6.46. The van der Waals surface area contributed by atoms with Crippen molar-refractivity contribution < 1.29 is 34.1 Å². The average molecular weight is 424 g/mol. The van der Waals surface area contributed by atoms with Gasteiger partial charge in [0.25, 0.3) is 11.6 Å². The molecule has 2 aliphatic rings. The molecule has 1 aromatic heterocycles. The van der Waals surface area contributed by atoms with Gasteiger partial charge < -0.3 is 20.3 Å². The predicted octanol–water partition coefficient (Wildman–Crippen LogP) is 0.644. The van der Waals surface area contributed by atoms with E-state index in [9.17, 15) is 24.3 Å². The quantitative estimate of drug-likeness (QED) is 0.330. The van der Waals surface area contributed by atoms with Crippen molar-refractivity contribution in [3.05, 3.63) is 45.8 Å². The van der Waals surface area contributed by atoms with Gasteiger partial charge in [-0.2, -0.15) is 0 Å². The minimum atomic E-state index is -1.66. The van der Waals surface area contributed by atoms with Crippen molar-refractivity contribution in [1.29, 1.82) is 0 Å². The molecule has 2 aliphatic heterocycles. The van der Waals surface area contributed by atoms with E-state index in [1.54, 1.807) is 6.07 Å². The largest absolute Gasteiger partial charge is 0.478 e. The SMILES string of the molecule is CO[C@@]1(NC(=O)Cc2cccs2)C(=O)N2C(C(=O)O)=C(C=CC(=O)O)CS[C@H]21. The number of β-lactam (4-membered cyclic amide) rings is 1. The van der Waals surface area contributed by atoms with Gasteiger partial charge in [-0.05, 0) is 23.1 Å². The Morgan fingerprint density at radius 2 is 2.18 bits per heavy atom. The monoisotopic (exact) mass is 424 g/mol. The summed E-state index contributed by atoms with van der Waals surface area (Å²) in [6, 6.07) is 3.60. The lowest BCUT2D eigenvalue weighted by atomic mass is 9.97. The van der Waals surface area contributed by atoms with Crippen LogP contribution in [0, 0.1) is 0 Å². The number of nitrogens with one attached hydrogen (secondary N) is 1. The minimum Gasteiger partial charge on any atom is -0.478 e. The first-order valence-corrected chi connectivity index (χ1v) is 9.94. The molecular formula is C17H16N2O7S2. The normalized spacial score (nSPS) is 24.1. The molecule has 2 atom stereocenters. The minimum absolute atomic E-state index is 0.0711. The second-order valence-electron chi connectivity index (χ2n) is 5.93. The molecule has 11 heteroatoms. The highest BCUT2D eigenvalue weighted by atomic mass is 32.2. The summed E-state index contributed by atoms with van der Waals surface area (Å²) in [5, 5.41) is 22.0. The van der Waals surface area contributed by atoms with E-state index in [1.165, 1.54) is 30.2 Å². The van der Waals surface area contributed by atoms with Crippen molar-refractivity contribution in [3.63, 3.8) is 0 Å². The molecule has 0 aromatic carbocycles. The molecule has 0 unspecified atom stereocenters. The van der Waals surface area contributed by atoms with Crippen LogP contribution >= 0.6 is 23.1 Å². The van der Waals surface area contributed by atoms with Gasteiger partial charge in [0, 0.05) is 23.8 Å². The van der Waals surface area contributed by atoms with Crippen LogP contribution in [0.25, 0.3) is 0 Å². The van der Waals surface area contributed by atoms with Gasteiger partial charge in [0.05, 0.1) is 6.42 Å². The van der Waals surface area contributed by atoms with E-state index in [1.807, 2.05) is 11.4 Å². The number of nitrogens with zero attached hydrogens (tertiary/aromatic N) is 1. The van der Waals surface area contributed by atoms with Crippen molar-refractivity contribution >= 4 is 46.9 Å². The maximum Gasteiger partial charge on any atom is 0.352 e. The first-order valence-electron chi connectivity index (χ1n) is 8.01. The topological polar surface area (TPSA) is 133 Å². The number of carbonyl (C=O) groups excluding carboxylic acids is 2. The number of thiophene rings is 1. The zero-order valence-electron chi connectivity index (χ0n) is 14.6. The maximum absolute atomic E-state index is 12.8. The molecule has 28 heavy (non-hydrogen) atoms. The number of aliphatic carboxylic acids is 2. The summed E-state index contributed by atoms with van der Waals surface area (Å²) in [6.45, 7) is 0. The van der Waals surface area contributed by atoms with E-state index >= 15 is 0 Å². The van der Waals surface area contributed by atoms with E-state index in [-0.39, 0.29) is 23.4 Å². The van der Waals surface area contributed by atoms with Crippen molar-refractivity contribution in [3.8, 4) is 0 Å². The van der Waals surface area contributed by atoms with Crippen molar-refractivity contribution in [1.82, 2.24) is 10.2 Å². The summed E-state index contributed by atoms with van der Waals surface area (Å²) in [5.41, 5.74) is -1.78. The number of hydrogen-bond acceptors (Lipinski definition) is 7. The number of ether oxygens (including phenoxy) is 1. The van der Waals surface area contributed by atoms with Crippen LogP contribution in [0.3, 0.4) is 0 Å². The fourth-order valence-electron chi connectivity index (χ4n) is 3.03. The smallest absolute Gasteiger partial charge is 0.352 e. The van der Waals surface area contributed by atoms with E-state index in [0.29, 0.717) is 0 Å². The number of thioether (sulfide) groups is 1. The summed E-state index contributed by atoms with van der Waals surface area (Å²) in [5.74, 6) is -3.59. The second-order valence-corrected chi connectivity index (χ2v) is 8.03. The van der Waals surface area contributed by atoms with Gasteiger partial charge >= 0.3 is 11.9 Å². The number of carboxylic acid groups (broad SMARTS) is 2. The zero-order chi connectivity index (χ0) is 20.5. The van der Waals surface area contributed by atoms with Crippen LogP contribution in [0.5, 0.6) is 0 Å². The van der Waals surface area contributed by atoms with E-state index in [0.717, 1.165) is 21.9 Å². The molecule has 9 nitrogen and oxygen atoms in total. The number of carboxylic acids is 2. The third-order valence-electron chi connectivity index (χ3n) is 4.25. The number of hydrogen-bond donors (Lipinski definition) is 3. The highest BCUT2D eigenvalue weighted by Gasteiger charge is 2.66. The van der Waals surface area contributed by atoms with Crippen LogP contribution in [0.4, 0.5) is 0 Å². The van der Waals surface area contributed by atoms with Gasteiger partial charge in [-0.15, -0.1) is 23.1 Å². The first kappa shape index (κ1) is 20.1. The van der Waals surface area contributed by atoms with Gasteiger partial charge in [0.2, 0.25) is 5.91 Å². The maximum atomic E-state index is 12.8. The van der Waals surface area contributed by atoms with Gasteiger partial charge in [-0.1, -0.05) is 6.07 Å². The van der Waals surface area contributed by atoms with Gasteiger partial charge in [-0.3, -0.25) is 14.5 Å². The molecule has 3 N–H and O–H groups in total. The van der Waals surface area contributed by atoms with Crippen LogP contribution < -0.4 is 5.32 Å². The summed E-state index contributed by atoms with van der Waals surface area (Å²) < 4.78 is 5.34.